The Labute approximate surface area is 154 Å². The number of para-hydroxylation sites is 1. The molecule has 0 saturated heterocycles. The van der Waals surface area contributed by atoms with Gasteiger partial charge in [0.2, 0.25) is 0 Å². The quantitative estimate of drug-likeness (QED) is 0.778. The molecule has 2 aromatic rings. The van der Waals surface area contributed by atoms with Crippen molar-refractivity contribution in [3.8, 4) is 11.5 Å². The molecule has 25 heavy (non-hydrogen) atoms. The van der Waals surface area contributed by atoms with E-state index in [1.165, 1.54) is 0 Å². The molecule has 0 heterocycles. The van der Waals surface area contributed by atoms with E-state index in [9.17, 15) is 4.79 Å². The first-order chi connectivity index (χ1) is 12.0. The predicted octanol–water partition coefficient (Wildman–Crippen LogP) is 4.69. The van der Waals surface area contributed by atoms with Gasteiger partial charge in [0, 0.05) is 10.6 Å². The Morgan fingerprint density at radius 3 is 2.60 bits per heavy atom. The summed E-state index contributed by atoms with van der Waals surface area (Å²) in [6.45, 7) is 5.75. The van der Waals surface area contributed by atoms with Crippen molar-refractivity contribution in [2.45, 2.75) is 39.3 Å². The number of nitrogens with one attached hydrogen (secondary N) is 1. The average Bonchev–Trinajstić information content (AvgIpc) is 2.62. The lowest BCUT2D eigenvalue weighted by atomic mass is 10.1. The number of hydrogen-bond acceptors (Lipinski definition) is 3. The number of carbonyl (C=O) groups excluding carboxylic acids is 1. The van der Waals surface area contributed by atoms with Gasteiger partial charge in [-0.1, -0.05) is 36.7 Å². The van der Waals surface area contributed by atoms with Crippen LogP contribution in [-0.2, 0) is 4.79 Å². The van der Waals surface area contributed by atoms with Crippen LogP contribution in [-0.4, -0.2) is 19.1 Å². The summed E-state index contributed by atoms with van der Waals surface area (Å²) < 4.78 is 11.2. The Hall–Kier alpha value is -2.20. The van der Waals surface area contributed by atoms with Gasteiger partial charge in [-0.25, -0.2) is 0 Å². The molecule has 1 amide bonds. The molecule has 2 rings (SSSR count). The van der Waals surface area contributed by atoms with Crippen LogP contribution >= 0.6 is 11.6 Å². The maximum absolute atomic E-state index is 12.6. The predicted molar refractivity (Wildman–Crippen MR) is 100 cm³/mol. The number of carbonyl (C=O) groups is 1. The number of hydrogen-bond donors (Lipinski definition) is 1. The van der Waals surface area contributed by atoms with Crippen LogP contribution in [0.5, 0.6) is 11.5 Å². The Kier molecular flexibility index (Phi) is 6.71. The summed E-state index contributed by atoms with van der Waals surface area (Å²) in [5, 5.41) is 3.67. The lowest BCUT2D eigenvalue weighted by Crippen LogP contribution is -2.39. The molecular weight excluding hydrogens is 338 g/mol. The van der Waals surface area contributed by atoms with Crippen LogP contribution in [0.2, 0.25) is 5.02 Å². The number of ether oxygens (including phenoxy) is 2. The molecule has 0 aliphatic carbocycles. The Morgan fingerprint density at radius 1 is 1.24 bits per heavy atom. The van der Waals surface area contributed by atoms with Crippen molar-refractivity contribution < 1.29 is 14.3 Å². The van der Waals surface area contributed by atoms with Crippen molar-refractivity contribution in [3.63, 3.8) is 0 Å². The van der Waals surface area contributed by atoms with Crippen LogP contribution in [0.15, 0.2) is 42.5 Å². The third kappa shape index (κ3) is 4.89. The molecule has 0 aliphatic rings. The third-order valence-electron chi connectivity index (χ3n) is 4.04. The molecule has 5 heteroatoms. The van der Waals surface area contributed by atoms with Gasteiger partial charge in [-0.05, 0) is 50.1 Å². The highest BCUT2D eigenvalue weighted by molar-refractivity contribution is 6.31. The molecule has 0 fully saturated rings. The Bertz CT molecular complexity index is 733. The van der Waals surface area contributed by atoms with Crippen LogP contribution in [0.1, 0.15) is 37.4 Å². The van der Waals surface area contributed by atoms with E-state index in [2.05, 4.69) is 5.32 Å². The van der Waals surface area contributed by atoms with E-state index in [1.54, 1.807) is 19.2 Å². The fraction of sp³-hybridized carbons (Fsp3) is 0.350. The second kappa shape index (κ2) is 8.77. The van der Waals surface area contributed by atoms with Crippen LogP contribution in [0, 0.1) is 6.92 Å². The number of halogens is 1. The van der Waals surface area contributed by atoms with E-state index >= 15 is 0 Å². The van der Waals surface area contributed by atoms with E-state index in [4.69, 9.17) is 21.1 Å². The van der Waals surface area contributed by atoms with Crippen molar-refractivity contribution in [2.75, 3.05) is 7.11 Å². The molecule has 1 N–H and O–H groups in total. The Balaban J connectivity index is 2.07. The number of amides is 1. The maximum Gasteiger partial charge on any atom is 0.261 e. The van der Waals surface area contributed by atoms with Gasteiger partial charge < -0.3 is 14.8 Å². The number of aryl methyl sites for hydroxylation is 1. The molecule has 0 bridgehead atoms. The van der Waals surface area contributed by atoms with Crippen molar-refractivity contribution in [1.29, 1.82) is 0 Å². The molecule has 134 valence electrons. The fourth-order valence-corrected chi connectivity index (χ4v) is 2.70. The lowest BCUT2D eigenvalue weighted by Gasteiger charge is -2.22. The SMILES string of the molecule is CCC(Oc1ccc(Cl)c(C)c1)C(=O)NC(C)c1ccccc1OC. The van der Waals surface area contributed by atoms with Crippen molar-refractivity contribution in [2.24, 2.45) is 0 Å². The number of benzene rings is 2. The van der Waals surface area contributed by atoms with Gasteiger partial charge in [-0.15, -0.1) is 0 Å². The number of rotatable bonds is 7. The minimum absolute atomic E-state index is 0.159. The summed E-state index contributed by atoms with van der Waals surface area (Å²) in [6, 6.07) is 12.8. The first kappa shape index (κ1) is 19.1. The summed E-state index contributed by atoms with van der Waals surface area (Å²) in [7, 11) is 1.62. The van der Waals surface area contributed by atoms with Crippen LogP contribution in [0.3, 0.4) is 0 Å². The highest BCUT2D eigenvalue weighted by Gasteiger charge is 2.22. The highest BCUT2D eigenvalue weighted by Crippen LogP contribution is 2.25. The summed E-state index contributed by atoms with van der Waals surface area (Å²) in [5.74, 6) is 1.22. The minimum atomic E-state index is -0.572. The van der Waals surface area contributed by atoms with Crippen molar-refractivity contribution in [1.82, 2.24) is 5.32 Å². The zero-order valence-corrected chi connectivity index (χ0v) is 15.8. The summed E-state index contributed by atoms with van der Waals surface area (Å²) in [6.07, 6.45) is -0.00989. The first-order valence-electron chi connectivity index (χ1n) is 8.32. The van der Waals surface area contributed by atoms with Gasteiger partial charge in [0.05, 0.1) is 13.2 Å². The molecule has 0 aromatic heterocycles. The molecule has 0 aliphatic heterocycles. The monoisotopic (exact) mass is 361 g/mol. The van der Waals surface area contributed by atoms with E-state index in [0.717, 1.165) is 16.9 Å². The topological polar surface area (TPSA) is 47.6 Å². The zero-order chi connectivity index (χ0) is 18.4. The number of methoxy groups -OCH3 is 1. The highest BCUT2D eigenvalue weighted by atomic mass is 35.5. The van der Waals surface area contributed by atoms with Crippen LogP contribution in [0.4, 0.5) is 0 Å². The van der Waals surface area contributed by atoms with Gasteiger partial charge in [-0.2, -0.15) is 0 Å². The fourth-order valence-electron chi connectivity index (χ4n) is 2.59. The van der Waals surface area contributed by atoms with E-state index in [-0.39, 0.29) is 11.9 Å². The van der Waals surface area contributed by atoms with E-state index in [0.29, 0.717) is 17.2 Å². The van der Waals surface area contributed by atoms with Gasteiger partial charge >= 0.3 is 0 Å². The van der Waals surface area contributed by atoms with Crippen LogP contribution in [0.25, 0.3) is 0 Å². The van der Waals surface area contributed by atoms with Gasteiger partial charge in [-0.3, -0.25) is 4.79 Å². The lowest BCUT2D eigenvalue weighted by molar-refractivity contribution is -0.128. The molecule has 2 atom stereocenters. The molecule has 0 spiro atoms. The van der Waals surface area contributed by atoms with E-state index < -0.39 is 6.10 Å². The summed E-state index contributed by atoms with van der Waals surface area (Å²) >= 11 is 6.03. The first-order valence-corrected chi connectivity index (χ1v) is 8.70. The normalized spacial score (nSPS) is 13.0. The smallest absolute Gasteiger partial charge is 0.261 e. The molecule has 2 aromatic carbocycles. The van der Waals surface area contributed by atoms with Crippen molar-refractivity contribution in [3.05, 3.63) is 58.6 Å². The van der Waals surface area contributed by atoms with Crippen LogP contribution < -0.4 is 14.8 Å². The minimum Gasteiger partial charge on any atom is -0.496 e. The Morgan fingerprint density at radius 2 is 1.96 bits per heavy atom. The molecule has 0 radical (unpaired) electrons. The van der Waals surface area contributed by atoms with Gasteiger partial charge in [0.25, 0.3) is 5.91 Å². The summed E-state index contributed by atoms with van der Waals surface area (Å²) in [4.78, 5) is 12.6. The van der Waals surface area contributed by atoms with E-state index in [1.807, 2.05) is 51.1 Å². The molecular formula is C20H24ClNO3. The maximum atomic E-state index is 12.6. The van der Waals surface area contributed by atoms with Gasteiger partial charge in [0.1, 0.15) is 11.5 Å². The standard InChI is InChI=1S/C20H24ClNO3/c1-5-18(25-15-10-11-17(21)13(2)12-15)20(23)22-14(3)16-8-6-7-9-19(16)24-4/h6-12,14,18H,5H2,1-4H3,(H,22,23). The second-order valence-corrected chi connectivity index (χ2v) is 6.31. The zero-order valence-electron chi connectivity index (χ0n) is 15.0. The second-order valence-electron chi connectivity index (χ2n) is 5.90. The third-order valence-corrected chi connectivity index (χ3v) is 4.46. The molecule has 0 saturated carbocycles. The van der Waals surface area contributed by atoms with Gasteiger partial charge in [0.15, 0.2) is 6.10 Å². The molecule has 4 nitrogen and oxygen atoms in total. The molecule has 2 unspecified atom stereocenters. The van der Waals surface area contributed by atoms with Crippen molar-refractivity contribution >= 4 is 17.5 Å². The summed E-state index contributed by atoms with van der Waals surface area (Å²) in [5.41, 5.74) is 1.84. The average molecular weight is 362 g/mol. The largest absolute Gasteiger partial charge is 0.496 e.